The van der Waals surface area contributed by atoms with Crippen LogP contribution in [0.25, 0.3) is 28.3 Å². The van der Waals surface area contributed by atoms with Crippen LogP contribution in [-0.4, -0.2) is 19.1 Å². The van der Waals surface area contributed by atoms with Crippen LogP contribution in [0.3, 0.4) is 0 Å². The van der Waals surface area contributed by atoms with E-state index in [1.807, 2.05) is 36.6 Å². The Morgan fingerprint density at radius 1 is 0.794 bits per heavy atom. The molecule has 0 saturated heterocycles. The standard InChI is InChI=1S/C29H22F2O2S/c1-33-28-18-22(20-6-10-23(30)11-7-20)17-26(21-8-12-24(31)13-9-21)29(28)27(32)16-5-19-3-14-25(34-2)15-4-19/h3-18H,1-2H3/b16-5+. The van der Waals surface area contributed by atoms with Gasteiger partial charge in [-0.15, -0.1) is 11.8 Å². The minimum Gasteiger partial charge on any atom is -0.496 e. The summed E-state index contributed by atoms with van der Waals surface area (Å²) >= 11 is 1.65. The van der Waals surface area contributed by atoms with Crippen molar-refractivity contribution in [1.29, 1.82) is 0 Å². The van der Waals surface area contributed by atoms with Crippen molar-refractivity contribution in [1.82, 2.24) is 0 Å². The molecule has 0 unspecified atom stereocenters. The fraction of sp³-hybridized carbons (Fsp3) is 0.0690. The van der Waals surface area contributed by atoms with Crippen LogP contribution in [0.1, 0.15) is 15.9 Å². The second kappa shape index (κ2) is 10.5. The lowest BCUT2D eigenvalue weighted by Crippen LogP contribution is -2.03. The monoisotopic (exact) mass is 472 g/mol. The zero-order valence-electron chi connectivity index (χ0n) is 18.7. The quantitative estimate of drug-likeness (QED) is 0.155. The summed E-state index contributed by atoms with van der Waals surface area (Å²) < 4.78 is 32.7. The van der Waals surface area contributed by atoms with E-state index in [1.165, 1.54) is 37.5 Å². The fourth-order valence-electron chi connectivity index (χ4n) is 3.67. The van der Waals surface area contributed by atoms with Gasteiger partial charge in [0.05, 0.1) is 12.7 Å². The number of halogens is 2. The van der Waals surface area contributed by atoms with Crippen LogP contribution < -0.4 is 4.74 Å². The van der Waals surface area contributed by atoms with Gasteiger partial charge >= 0.3 is 0 Å². The Morgan fingerprint density at radius 3 is 1.94 bits per heavy atom. The van der Waals surface area contributed by atoms with Crippen LogP contribution in [0, 0.1) is 11.6 Å². The summed E-state index contributed by atoms with van der Waals surface area (Å²) in [6, 6.07) is 23.5. The van der Waals surface area contributed by atoms with Crippen LogP contribution in [0.15, 0.2) is 95.9 Å². The van der Waals surface area contributed by atoms with Gasteiger partial charge in [0.2, 0.25) is 0 Å². The number of hydrogen-bond donors (Lipinski definition) is 0. The molecule has 4 rings (SSSR count). The zero-order chi connectivity index (χ0) is 24.1. The summed E-state index contributed by atoms with van der Waals surface area (Å²) in [4.78, 5) is 14.5. The van der Waals surface area contributed by atoms with E-state index in [1.54, 1.807) is 48.2 Å². The molecule has 0 aliphatic heterocycles. The number of hydrogen-bond acceptors (Lipinski definition) is 3. The average Bonchev–Trinajstić information content (AvgIpc) is 2.87. The molecular weight excluding hydrogens is 450 g/mol. The maximum Gasteiger partial charge on any atom is 0.190 e. The molecular formula is C29H22F2O2S. The van der Waals surface area contributed by atoms with E-state index in [4.69, 9.17) is 4.74 Å². The van der Waals surface area contributed by atoms with E-state index in [0.29, 0.717) is 22.4 Å². The lowest BCUT2D eigenvalue weighted by atomic mass is 9.91. The van der Waals surface area contributed by atoms with Crippen molar-refractivity contribution in [2.75, 3.05) is 13.4 Å². The van der Waals surface area contributed by atoms with Gasteiger partial charge in [0.15, 0.2) is 5.78 Å². The Morgan fingerprint density at radius 2 is 1.38 bits per heavy atom. The smallest absolute Gasteiger partial charge is 0.190 e. The topological polar surface area (TPSA) is 26.3 Å². The van der Waals surface area contributed by atoms with E-state index in [0.717, 1.165) is 21.6 Å². The zero-order valence-corrected chi connectivity index (χ0v) is 19.5. The molecule has 0 bridgehead atoms. The normalized spacial score (nSPS) is 11.1. The Kier molecular flexibility index (Phi) is 7.24. The van der Waals surface area contributed by atoms with E-state index >= 15 is 0 Å². The number of carbonyl (C=O) groups is 1. The van der Waals surface area contributed by atoms with E-state index in [-0.39, 0.29) is 17.4 Å². The van der Waals surface area contributed by atoms with E-state index in [2.05, 4.69) is 0 Å². The van der Waals surface area contributed by atoms with Gasteiger partial charge in [-0.2, -0.15) is 0 Å². The molecule has 0 aliphatic rings. The molecule has 0 radical (unpaired) electrons. The minimum absolute atomic E-state index is 0.240. The molecule has 5 heteroatoms. The molecule has 0 saturated carbocycles. The van der Waals surface area contributed by atoms with Gasteiger partial charge in [-0.05, 0) is 88.7 Å². The van der Waals surface area contributed by atoms with Gasteiger partial charge in [-0.1, -0.05) is 42.5 Å². The predicted molar refractivity (Wildman–Crippen MR) is 135 cm³/mol. The molecule has 0 heterocycles. The van der Waals surface area contributed by atoms with Gasteiger partial charge in [0.25, 0.3) is 0 Å². The lowest BCUT2D eigenvalue weighted by molar-refractivity contribution is 0.104. The first-order valence-electron chi connectivity index (χ1n) is 10.6. The Balaban J connectivity index is 1.82. The molecule has 0 spiro atoms. The van der Waals surface area contributed by atoms with Gasteiger partial charge in [0, 0.05) is 4.90 Å². The molecule has 170 valence electrons. The highest BCUT2D eigenvalue weighted by Crippen LogP contribution is 2.37. The number of rotatable bonds is 7. The number of ether oxygens (including phenoxy) is 1. The second-order valence-electron chi connectivity index (χ2n) is 7.59. The second-order valence-corrected chi connectivity index (χ2v) is 8.47. The van der Waals surface area contributed by atoms with Crippen LogP contribution >= 0.6 is 11.8 Å². The van der Waals surface area contributed by atoms with Gasteiger partial charge in [-0.3, -0.25) is 4.79 Å². The highest BCUT2D eigenvalue weighted by Gasteiger charge is 2.19. The molecule has 0 N–H and O–H groups in total. The minimum atomic E-state index is -0.369. The number of allylic oxidation sites excluding steroid dienone is 1. The molecule has 0 fully saturated rings. The highest BCUT2D eigenvalue weighted by atomic mass is 32.2. The van der Waals surface area contributed by atoms with Crippen molar-refractivity contribution < 1.29 is 18.3 Å². The average molecular weight is 473 g/mol. The van der Waals surface area contributed by atoms with Gasteiger partial charge in [0.1, 0.15) is 17.4 Å². The van der Waals surface area contributed by atoms with Crippen molar-refractivity contribution in [3.8, 4) is 28.0 Å². The van der Waals surface area contributed by atoms with Crippen LogP contribution in [0.2, 0.25) is 0 Å². The third-order valence-electron chi connectivity index (χ3n) is 5.44. The Labute approximate surface area is 201 Å². The molecule has 0 atom stereocenters. The summed E-state index contributed by atoms with van der Waals surface area (Å²) in [5.74, 6) is -0.562. The SMILES string of the molecule is COc1cc(-c2ccc(F)cc2)cc(-c2ccc(F)cc2)c1C(=O)/C=C/c1ccc(SC)cc1. The van der Waals surface area contributed by atoms with Crippen LogP contribution in [0.4, 0.5) is 8.78 Å². The van der Waals surface area contributed by atoms with Gasteiger partial charge < -0.3 is 4.74 Å². The largest absolute Gasteiger partial charge is 0.496 e. The van der Waals surface area contributed by atoms with Crippen molar-refractivity contribution in [2.24, 2.45) is 0 Å². The molecule has 0 aromatic heterocycles. The highest BCUT2D eigenvalue weighted by molar-refractivity contribution is 7.98. The maximum absolute atomic E-state index is 13.6. The third kappa shape index (κ3) is 5.26. The predicted octanol–water partition coefficient (Wildman–Crippen LogP) is 7.93. The summed E-state index contributed by atoms with van der Waals surface area (Å²) in [7, 11) is 1.50. The summed E-state index contributed by atoms with van der Waals surface area (Å²) in [6.07, 6.45) is 5.28. The number of ketones is 1. The Hall–Kier alpha value is -3.70. The van der Waals surface area contributed by atoms with Gasteiger partial charge in [-0.25, -0.2) is 8.78 Å². The van der Waals surface area contributed by atoms with Crippen LogP contribution in [0.5, 0.6) is 5.75 Å². The summed E-state index contributed by atoms with van der Waals surface area (Å²) in [5.41, 5.74) is 4.07. The first kappa shape index (κ1) is 23.5. The molecule has 0 aliphatic carbocycles. The van der Waals surface area contributed by atoms with Crippen molar-refractivity contribution in [3.05, 3.63) is 114 Å². The summed E-state index contributed by atoms with van der Waals surface area (Å²) in [5, 5.41) is 0. The van der Waals surface area contributed by atoms with E-state index in [9.17, 15) is 13.6 Å². The molecule has 0 amide bonds. The van der Waals surface area contributed by atoms with E-state index < -0.39 is 0 Å². The maximum atomic E-state index is 13.6. The lowest BCUT2D eigenvalue weighted by Gasteiger charge is -2.15. The van der Waals surface area contributed by atoms with Crippen molar-refractivity contribution in [2.45, 2.75) is 4.90 Å². The number of benzene rings is 4. The van der Waals surface area contributed by atoms with Crippen LogP contribution in [-0.2, 0) is 0 Å². The van der Waals surface area contributed by atoms with Crippen molar-refractivity contribution >= 4 is 23.6 Å². The molecule has 34 heavy (non-hydrogen) atoms. The fourth-order valence-corrected chi connectivity index (χ4v) is 4.08. The molecule has 2 nitrogen and oxygen atoms in total. The number of carbonyl (C=O) groups excluding carboxylic acids is 1. The number of thioether (sulfide) groups is 1. The third-order valence-corrected chi connectivity index (χ3v) is 6.19. The Bertz CT molecular complexity index is 1330. The molecule has 4 aromatic rings. The molecule has 4 aromatic carbocycles. The first-order chi connectivity index (χ1) is 16.5. The summed E-state index contributed by atoms with van der Waals surface area (Å²) in [6.45, 7) is 0. The number of methoxy groups -OCH3 is 1. The van der Waals surface area contributed by atoms with Crippen molar-refractivity contribution in [3.63, 3.8) is 0 Å². The first-order valence-corrected chi connectivity index (χ1v) is 11.8.